The Hall–Kier alpha value is -2.21. The molecule has 108 valence electrons. The number of rotatable bonds is 6. The zero-order chi connectivity index (χ0) is 15.0. The summed E-state index contributed by atoms with van der Waals surface area (Å²) in [6.07, 6.45) is 1.70. The van der Waals surface area contributed by atoms with Crippen LogP contribution in [0.3, 0.4) is 0 Å². The Kier molecular flexibility index (Phi) is 6.39. The van der Waals surface area contributed by atoms with Gasteiger partial charge >= 0.3 is 11.8 Å². The van der Waals surface area contributed by atoms with Crippen LogP contribution in [0.15, 0.2) is 24.3 Å². The van der Waals surface area contributed by atoms with E-state index in [1.807, 2.05) is 19.1 Å². The predicted octanol–water partition coefficient (Wildman–Crippen LogP) is 0.521. The van der Waals surface area contributed by atoms with Crippen molar-refractivity contribution in [1.29, 1.82) is 0 Å². The standard InChI is InChI=1S/C14H19N3O3/c1-2-11-4-6-12(7-5-11)16-13(19)14(20)17(10-18)9-3-8-15/h4-7,10H,2-3,8-9,15H2,1H3,(H,16,19). The van der Waals surface area contributed by atoms with E-state index in [-0.39, 0.29) is 6.54 Å². The van der Waals surface area contributed by atoms with Gasteiger partial charge in [-0.1, -0.05) is 19.1 Å². The van der Waals surface area contributed by atoms with Crippen molar-refractivity contribution < 1.29 is 14.4 Å². The summed E-state index contributed by atoms with van der Waals surface area (Å²) in [4.78, 5) is 35.1. The molecule has 0 aromatic heterocycles. The molecule has 20 heavy (non-hydrogen) atoms. The number of nitrogens with one attached hydrogen (secondary N) is 1. The second-order valence-corrected chi connectivity index (χ2v) is 4.25. The Morgan fingerprint density at radius 2 is 1.95 bits per heavy atom. The smallest absolute Gasteiger partial charge is 0.318 e. The molecule has 3 N–H and O–H groups in total. The second-order valence-electron chi connectivity index (χ2n) is 4.25. The second kappa shape index (κ2) is 8.06. The highest BCUT2D eigenvalue weighted by Crippen LogP contribution is 2.10. The van der Waals surface area contributed by atoms with E-state index in [0.29, 0.717) is 25.1 Å². The van der Waals surface area contributed by atoms with Gasteiger partial charge in [0, 0.05) is 12.2 Å². The van der Waals surface area contributed by atoms with Gasteiger partial charge in [-0.05, 0) is 37.1 Å². The van der Waals surface area contributed by atoms with Crippen molar-refractivity contribution in [1.82, 2.24) is 4.90 Å². The van der Waals surface area contributed by atoms with Gasteiger partial charge in [0.15, 0.2) is 0 Å². The monoisotopic (exact) mass is 277 g/mol. The summed E-state index contributed by atoms with van der Waals surface area (Å²) in [6.45, 7) is 2.51. The molecular weight excluding hydrogens is 258 g/mol. The fraction of sp³-hybridized carbons (Fsp3) is 0.357. The first-order valence-corrected chi connectivity index (χ1v) is 6.48. The summed E-state index contributed by atoms with van der Waals surface area (Å²) < 4.78 is 0. The minimum Gasteiger partial charge on any atom is -0.330 e. The molecule has 0 aliphatic heterocycles. The lowest BCUT2D eigenvalue weighted by Crippen LogP contribution is -2.39. The van der Waals surface area contributed by atoms with Gasteiger partial charge in [0.25, 0.3) is 0 Å². The van der Waals surface area contributed by atoms with Crippen molar-refractivity contribution >= 4 is 23.9 Å². The number of carbonyl (C=O) groups is 3. The van der Waals surface area contributed by atoms with Gasteiger partial charge in [0.2, 0.25) is 6.41 Å². The molecule has 0 fully saturated rings. The molecular formula is C14H19N3O3. The van der Waals surface area contributed by atoms with Crippen LogP contribution in [-0.4, -0.2) is 36.2 Å². The lowest BCUT2D eigenvalue weighted by atomic mass is 10.1. The molecule has 6 heteroatoms. The summed E-state index contributed by atoms with van der Waals surface area (Å²) in [5, 5.41) is 2.46. The van der Waals surface area contributed by atoms with Crippen molar-refractivity contribution in [3.63, 3.8) is 0 Å². The van der Waals surface area contributed by atoms with Crippen molar-refractivity contribution in [3.05, 3.63) is 29.8 Å². The van der Waals surface area contributed by atoms with E-state index in [9.17, 15) is 14.4 Å². The van der Waals surface area contributed by atoms with Gasteiger partial charge in [-0.2, -0.15) is 0 Å². The van der Waals surface area contributed by atoms with Crippen LogP contribution < -0.4 is 11.1 Å². The predicted molar refractivity (Wildman–Crippen MR) is 75.9 cm³/mol. The SMILES string of the molecule is CCc1ccc(NC(=O)C(=O)N(C=O)CCCN)cc1. The van der Waals surface area contributed by atoms with Crippen LogP contribution in [0, 0.1) is 0 Å². The lowest BCUT2D eigenvalue weighted by molar-refractivity contribution is -0.146. The maximum Gasteiger partial charge on any atom is 0.318 e. The highest BCUT2D eigenvalue weighted by molar-refractivity contribution is 6.41. The van der Waals surface area contributed by atoms with E-state index in [1.54, 1.807) is 12.1 Å². The average molecular weight is 277 g/mol. The van der Waals surface area contributed by atoms with Crippen molar-refractivity contribution in [2.24, 2.45) is 5.73 Å². The number of nitrogens with zero attached hydrogens (tertiary/aromatic N) is 1. The maximum absolute atomic E-state index is 11.7. The van der Waals surface area contributed by atoms with E-state index in [2.05, 4.69) is 5.32 Å². The third-order valence-electron chi connectivity index (χ3n) is 2.81. The van der Waals surface area contributed by atoms with Gasteiger partial charge < -0.3 is 11.1 Å². The summed E-state index contributed by atoms with van der Waals surface area (Å²) in [7, 11) is 0. The number of aryl methyl sites for hydroxylation is 1. The third kappa shape index (κ3) is 4.47. The van der Waals surface area contributed by atoms with Crippen LogP contribution in [0.1, 0.15) is 18.9 Å². The van der Waals surface area contributed by atoms with Crippen molar-refractivity contribution in [3.8, 4) is 0 Å². The summed E-state index contributed by atoms with van der Waals surface area (Å²) in [5.41, 5.74) is 6.95. The molecule has 0 aliphatic rings. The van der Waals surface area contributed by atoms with Crippen LogP contribution in [0.25, 0.3) is 0 Å². The molecule has 0 saturated carbocycles. The maximum atomic E-state index is 11.7. The Morgan fingerprint density at radius 1 is 1.30 bits per heavy atom. The molecule has 0 heterocycles. The van der Waals surface area contributed by atoms with E-state index in [0.717, 1.165) is 16.9 Å². The Morgan fingerprint density at radius 3 is 2.45 bits per heavy atom. The molecule has 0 atom stereocenters. The van der Waals surface area contributed by atoms with E-state index >= 15 is 0 Å². The Balaban J connectivity index is 2.63. The average Bonchev–Trinajstić information content (AvgIpc) is 2.48. The molecule has 1 aromatic carbocycles. The van der Waals surface area contributed by atoms with Crippen molar-refractivity contribution in [2.75, 3.05) is 18.4 Å². The highest BCUT2D eigenvalue weighted by Gasteiger charge is 2.20. The first kappa shape index (κ1) is 15.8. The zero-order valence-electron chi connectivity index (χ0n) is 11.5. The largest absolute Gasteiger partial charge is 0.330 e. The normalized spacial score (nSPS) is 9.90. The molecule has 0 aliphatic carbocycles. The van der Waals surface area contributed by atoms with Gasteiger partial charge in [-0.25, -0.2) is 0 Å². The molecule has 1 rings (SSSR count). The molecule has 0 radical (unpaired) electrons. The zero-order valence-corrected chi connectivity index (χ0v) is 11.5. The van der Waals surface area contributed by atoms with Crippen LogP contribution >= 0.6 is 0 Å². The lowest BCUT2D eigenvalue weighted by Gasteiger charge is -2.14. The van der Waals surface area contributed by atoms with E-state index < -0.39 is 11.8 Å². The Labute approximate surface area is 117 Å². The summed E-state index contributed by atoms with van der Waals surface area (Å²) >= 11 is 0. The van der Waals surface area contributed by atoms with Gasteiger partial charge in [0.1, 0.15) is 0 Å². The van der Waals surface area contributed by atoms with E-state index in [4.69, 9.17) is 5.73 Å². The molecule has 3 amide bonds. The molecule has 0 spiro atoms. The van der Waals surface area contributed by atoms with Gasteiger partial charge in [-0.15, -0.1) is 0 Å². The number of hydrogen-bond acceptors (Lipinski definition) is 4. The Bertz CT molecular complexity index is 471. The first-order chi connectivity index (χ1) is 9.62. The fourth-order valence-electron chi connectivity index (χ4n) is 1.60. The van der Waals surface area contributed by atoms with Crippen LogP contribution in [-0.2, 0) is 20.8 Å². The number of hydrogen-bond donors (Lipinski definition) is 2. The number of anilines is 1. The first-order valence-electron chi connectivity index (χ1n) is 6.48. The summed E-state index contributed by atoms with van der Waals surface area (Å²) in [6, 6.07) is 7.17. The molecule has 0 saturated heterocycles. The number of benzene rings is 1. The third-order valence-corrected chi connectivity index (χ3v) is 2.81. The highest BCUT2D eigenvalue weighted by atomic mass is 16.2. The van der Waals surface area contributed by atoms with Crippen LogP contribution in [0.4, 0.5) is 5.69 Å². The van der Waals surface area contributed by atoms with E-state index in [1.165, 1.54) is 0 Å². The minimum absolute atomic E-state index is 0.140. The number of imide groups is 1. The quantitative estimate of drug-likeness (QED) is 0.585. The number of nitrogens with two attached hydrogens (primary N) is 1. The van der Waals surface area contributed by atoms with Gasteiger partial charge in [-0.3, -0.25) is 19.3 Å². The molecule has 0 unspecified atom stereocenters. The van der Waals surface area contributed by atoms with Crippen molar-refractivity contribution in [2.45, 2.75) is 19.8 Å². The molecule has 0 bridgehead atoms. The number of amides is 3. The molecule has 1 aromatic rings. The fourth-order valence-corrected chi connectivity index (χ4v) is 1.60. The van der Waals surface area contributed by atoms with Crippen LogP contribution in [0.2, 0.25) is 0 Å². The summed E-state index contributed by atoms with van der Waals surface area (Å²) in [5.74, 6) is -1.72. The topological polar surface area (TPSA) is 92.5 Å². The van der Waals surface area contributed by atoms with Crippen LogP contribution in [0.5, 0.6) is 0 Å². The number of carbonyl (C=O) groups excluding carboxylic acids is 3. The minimum atomic E-state index is -0.881. The molecule has 6 nitrogen and oxygen atoms in total. The van der Waals surface area contributed by atoms with Gasteiger partial charge in [0.05, 0.1) is 0 Å².